The van der Waals surface area contributed by atoms with Crippen LogP contribution in [0.15, 0.2) is 53.4 Å². The van der Waals surface area contributed by atoms with E-state index >= 15 is 0 Å². The largest absolute Gasteiger partial charge is 0.309 e. The lowest BCUT2D eigenvalue weighted by Crippen LogP contribution is -2.30. The van der Waals surface area contributed by atoms with Crippen molar-refractivity contribution in [2.24, 2.45) is 0 Å². The maximum atomic E-state index is 13.1. The normalized spacial score (nSPS) is 12.1. The van der Waals surface area contributed by atoms with E-state index in [1.54, 1.807) is 26.0 Å². The van der Waals surface area contributed by atoms with Crippen molar-refractivity contribution in [2.75, 3.05) is 38.0 Å². The highest BCUT2D eigenvalue weighted by molar-refractivity contribution is 7.89. The molecule has 8 nitrogen and oxygen atoms in total. The number of benzene rings is 2. The summed E-state index contributed by atoms with van der Waals surface area (Å²) >= 11 is 0. The van der Waals surface area contributed by atoms with Crippen LogP contribution >= 0.6 is 0 Å². The number of hydrogen-bond donors (Lipinski definition) is 1. The van der Waals surface area contributed by atoms with Crippen LogP contribution in [0.4, 0.5) is 5.95 Å². The third-order valence-electron chi connectivity index (χ3n) is 5.85. The molecule has 2 aromatic carbocycles. The lowest BCUT2D eigenvalue weighted by atomic mass is 10.2. The summed E-state index contributed by atoms with van der Waals surface area (Å²) in [6, 6.07) is 13.9. The number of aromatic nitrogens is 2. The van der Waals surface area contributed by atoms with Gasteiger partial charge in [0.1, 0.15) is 0 Å². The molecule has 1 aromatic heterocycles. The van der Waals surface area contributed by atoms with Gasteiger partial charge in [0.2, 0.25) is 16.0 Å². The molecule has 1 N–H and O–H groups in total. The molecule has 0 aliphatic heterocycles. The molecule has 33 heavy (non-hydrogen) atoms. The minimum Gasteiger partial charge on any atom is -0.309 e. The fourth-order valence-corrected chi connectivity index (χ4v) is 5.37. The van der Waals surface area contributed by atoms with Crippen LogP contribution < -0.4 is 5.32 Å². The highest BCUT2D eigenvalue weighted by Crippen LogP contribution is 2.22. The van der Waals surface area contributed by atoms with Crippen molar-refractivity contribution >= 4 is 32.9 Å². The summed E-state index contributed by atoms with van der Waals surface area (Å²) in [6.45, 7) is 12.0. The molecular formula is C24H33N5O3S. The first-order valence-corrected chi connectivity index (χ1v) is 12.9. The van der Waals surface area contributed by atoms with Gasteiger partial charge < -0.3 is 9.47 Å². The van der Waals surface area contributed by atoms with E-state index in [-0.39, 0.29) is 10.5 Å². The number of nitrogens with one attached hydrogen (secondary N) is 1. The van der Waals surface area contributed by atoms with E-state index in [4.69, 9.17) is 0 Å². The smallest absolute Gasteiger partial charge is 0.258 e. The molecule has 3 rings (SSSR count). The number of anilines is 1. The van der Waals surface area contributed by atoms with Crippen molar-refractivity contribution in [1.82, 2.24) is 18.8 Å². The number of likely N-dealkylation sites (N-methyl/N-ethyl adjacent to an activating group) is 1. The third kappa shape index (κ3) is 5.43. The molecule has 0 unspecified atom stereocenters. The summed E-state index contributed by atoms with van der Waals surface area (Å²) in [5.41, 5.74) is 2.01. The number of carbonyl (C=O) groups excluding carboxylic acids is 1. The number of hydrogen-bond acceptors (Lipinski definition) is 5. The Kier molecular flexibility index (Phi) is 8.23. The second-order valence-corrected chi connectivity index (χ2v) is 9.61. The van der Waals surface area contributed by atoms with Crippen LogP contribution in [0.3, 0.4) is 0 Å². The van der Waals surface area contributed by atoms with Crippen LogP contribution in [0.2, 0.25) is 0 Å². The lowest BCUT2D eigenvalue weighted by Gasteiger charge is -2.19. The molecule has 0 atom stereocenters. The highest BCUT2D eigenvalue weighted by atomic mass is 32.2. The number of amides is 1. The Bertz CT molecular complexity index is 1200. The standard InChI is InChI=1S/C24H33N5O3S/c1-5-27(6-2)16-17-29-22-15-10-9-14-21(22)25-24(29)26-23(30)19-12-11-13-20(18-19)33(31,32)28(7-3)8-4/h9-15,18H,5-8,16-17H2,1-4H3,(H,25,26,30). The second-order valence-electron chi connectivity index (χ2n) is 7.67. The predicted octanol–water partition coefficient (Wildman–Crippen LogP) is 3.66. The SMILES string of the molecule is CCN(CC)CCn1c(NC(=O)c2cccc(S(=O)(=O)N(CC)CC)c2)nc2ccccc21. The maximum Gasteiger partial charge on any atom is 0.258 e. The lowest BCUT2D eigenvalue weighted by molar-refractivity contribution is 0.102. The van der Waals surface area contributed by atoms with Crippen molar-refractivity contribution in [3.8, 4) is 0 Å². The topological polar surface area (TPSA) is 87.5 Å². The van der Waals surface area contributed by atoms with E-state index in [0.717, 1.165) is 30.7 Å². The fraction of sp³-hybridized carbons (Fsp3) is 0.417. The summed E-state index contributed by atoms with van der Waals surface area (Å²) in [5.74, 6) is 0.0522. The fourth-order valence-electron chi connectivity index (χ4n) is 3.86. The number of sulfonamides is 1. The molecule has 1 amide bonds. The predicted molar refractivity (Wildman–Crippen MR) is 132 cm³/mol. The zero-order valence-electron chi connectivity index (χ0n) is 19.8. The van der Waals surface area contributed by atoms with Gasteiger partial charge in [-0.15, -0.1) is 0 Å². The van der Waals surface area contributed by atoms with Gasteiger partial charge in [-0.1, -0.05) is 45.9 Å². The summed E-state index contributed by atoms with van der Waals surface area (Å²) in [5, 5.41) is 2.90. The molecule has 0 fully saturated rings. The van der Waals surface area contributed by atoms with E-state index in [1.807, 2.05) is 28.8 Å². The van der Waals surface area contributed by atoms with Crippen LogP contribution in [-0.4, -0.2) is 65.8 Å². The monoisotopic (exact) mass is 471 g/mol. The van der Waals surface area contributed by atoms with E-state index in [0.29, 0.717) is 25.6 Å². The Hall–Kier alpha value is -2.75. The minimum atomic E-state index is -3.66. The second kappa shape index (κ2) is 10.9. The van der Waals surface area contributed by atoms with Crippen molar-refractivity contribution in [3.05, 3.63) is 54.1 Å². The molecule has 0 aliphatic carbocycles. The van der Waals surface area contributed by atoms with Gasteiger partial charge in [-0.05, 0) is 43.4 Å². The van der Waals surface area contributed by atoms with E-state index in [9.17, 15) is 13.2 Å². The van der Waals surface area contributed by atoms with Crippen LogP contribution in [0, 0.1) is 0 Å². The molecule has 1 heterocycles. The van der Waals surface area contributed by atoms with Gasteiger partial charge in [-0.3, -0.25) is 10.1 Å². The number of nitrogens with zero attached hydrogens (tertiary/aromatic N) is 4. The molecular weight excluding hydrogens is 438 g/mol. The molecule has 0 radical (unpaired) electrons. The average Bonchev–Trinajstić information content (AvgIpc) is 3.17. The van der Waals surface area contributed by atoms with Crippen LogP contribution in [0.1, 0.15) is 38.1 Å². The summed E-state index contributed by atoms with van der Waals surface area (Å²) < 4.78 is 29.1. The van der Waals surface area contributed by atoms with Gasteiger partial charge in [0.15, 0.2) is 0 Å². The van der Waals surface area contributed by atoms with Crippen LogP contribution in [0.5, 0.6) is 0 Å². The number of para-hydroxylation sites is 2. The van der Waals surface area contributed by atoms with E-state index < -0.39 is 15.9 Å². The molecule has 3 aromatic rings. The zero-order chi connectivity index (χ0) is 24.0. The number of imidazole rings is 1. The van der Waals surface area contributed by atoms with E-state index in [2.05, 4.69) is 29.0 Å². The number of fused-ring (bicyclic) bond motifs is 1. The van der Waals surface area contributed by atoms with Crippen molar-refractivity contribution < 1.29 is 13.2 Å². The molecule has 0 spiro atoms. The third-order valence-corrected chi connectivity index (χ3v) is 7.90. The number of rotatable bonds is 11. The molecule has 0 saturated heterocycles. The first-order valence-electron chi connectivity index (χ1n) is 11.4. The van der Waals surface area contributed by atoms with Gasteiger partial charge in [0.05, 0.1) is 15.9 Å². The molecule has 9 heteroatoms. The highest BCUT2D eigenvalue weighted by Gasteiger charge is 2.23. The first-order chi connectivity index (χ1) is 15.8. The average molecular weight is 472 g/mol. The van der Waals surface area contributed by atoms with Crippen molar-refractivity contribution in [3.63, 3.8) is 0 Å². The zero-order valence-corrected chi connectivity index (χ0v) is 20.6. The van der Waals surface area contributed by atoms with E-state index in [1.165, 1.54) is 16.4 Å². The van der Waals surface area contributed by atoms with Crippen molar-refractivity contribution in [1.29, 1.82) is 0 Å². The summed E-state index contributed by atoms with van der Waals surface area (Å²) in [6.07, 6.45) is 0. The Morgan fingerprint density at radius 1 is 0.970 bits per heavy atom. The summed E-state index contributed by atoms with van der Waals surface area (Å²) in [4.78, 5) is 20.1. The minimum absolute atomic E-state index is 0.105. The van der Waals surface area contributed by atoms with Crippen LogP contribution in [-0.2, 0) is 16.6 Å². The van der Waals surface area contributed by atoms with Gasteiger partial charge in [0, 0.05) is 31.7 Å². The Morgan fingerprint density at radius 3 is 2.33 bits per heavy atom. The van der Waals surface area contributed by atoms with Gasteiger partial charge in [0.25, 0.3) is 5.91 Å². The molecule has 0 bridgehead atoms. The quantitative estimate of drug-likeness (QED) is 0.461. The summed E-state index contributed by atoms with van der Waals surface area (Å²) in [7, 11) is -3.66. The van der Waals surface area contributed by atoms with Gasteiger partial charge in [-0.2, -0.15) is 4.31 Å². The Balaban J connectivity index is 1.90. The number of carbonyl (C=O) groups is 1. The van der Waals surface area contributed by atoms with Gasteiger partial charge >= 0.3 is 0 Å². The molecule has 178 valence electrons. The Morgan fingerprint density at radius 2 is 1.67 bits per heavy atom. The van der Waals surface area contributed by atoms with Crippen LogP contribution in [0.25, 0.3) is 11.0 Å². The molecule has 0 saturated carbocycles. The van der Waals surface area contributed by atoms with Gasteiger partial charge in [-0.25, -0.2) is 13.4 Å². The van der Waals surface area contributed by atoms with Crippen molar-refractivity contribution in [2.45, 2.75) is 39.1 Å². The Labute approximate surface area is 196 Å². The maximum absolute atomic E-state index is 13.1. The first kappa shape index (κ1) is 24.9. The molecule has 0 aliphatic rings.